The Morgan fingerprint density at radius 3 is 2.45 bits per heavy atom. The van der Waals surface area contributed by atoms with Gasteiger partial charge in [-0.1, -0.05) is 49.7 Å². The van der Waals surface area contributed by atoms with Crippen molar-refractivity contribution in [1.82, 2.24) is 10.2 Å². The summed E-state index contributed by atoms with van der Waals surface area (Å²) in [4.78, 5) is 15.4. The minimum atomic E-state index is -0.207. The SMILES string of the molecule is Cc1c(C(=O)NCC(c2ccc(C(C)C)cc2)N2CCOCC2)oc2ccc(Cl)cc12. The number of fused-ring (bicyclic) bond motifs is 1. The predicted molar refractivity (Wildman–Crippen MR) is 124 cm³/mol. The number of amides is 1. The summed E-state index contributed by atoms with van der Waals surface area (Å²) in [7, 11) is 0. The van der Waals surface area contributed by atoms with E-state index in [4.69, 9.17) is 20.8 Å². The molecule has 1 aliphatic rings. The van der Waals surface area contributed by atoms with Gasteiger partial charge in [0.2, 0.25) is 0 Å². The smallest absolute Gasteiger partial charge is 0.287 e. The highest BCUT2D eigenvalue weighted by Crippen LogP contribution is 2.28. The monoisotopic (exact) mass is 440 g/mol. The Hall–Kier alpha value is -2.34. The second kappa shape index (κ2) is 9.43. The minimum Gasteiger partial charge on any atom is -0.451 e. The van der Waals surface area contributed by atoms with E-state index in [0.717, 1.165) is 24.0 Å². The van der Waals surface area contributed by atoms with Gasteiger partial charge in [0, 0.05) is 35.6 Å². The van der Waals surface area contributed by atoms with E-state index in [-0.39, 0.29) is 11.9 Å². The highest BCUT2D eigenvalue weighted by atomic mass is 35.5. The van der Waals surface area contributed by atoms with Gasteiger partial charge in [-0.2, -0.15) is 0 Å². The number of hydrogen-bond donors (Lipinski definition) is 1. The molecule has 1 amide bonds. The van der Waals surface area contributed by atoms with Crippen LogP contribution in [0.3, 0.4) is 0 Å². The Balaban J connectivity index is 1.54. The van der Waals surface area contributed by atoms with Gasteiger partial charge in [0.25, 0.3) is 5.91 Å². The molecule has 164 valence electrons. The zero-order valence-electron chi connectivity index (χ0n) is 18.3. The lowest BCUT2D eigenvalue weighted by Gasteiger charge is -2.35. The fraction of sp³-hybridized carbons (Fsp3) is 0.400. The van der Waals surface area contributed by atoms with Gasteiger partial charge in [0.1, 0.15) is 5.58 Å². The number of benzene rings is 2. The van der Waals surface area contributed by atoms with Crippen LogP contribution < -0.4 is 5.32 Å². The van der Waals surface area contributed by atoms with Gasteiger partial charge in [-0.25, -0.2) is 0 Å². The average molecular weight is 441 g/mol. The summed E-state index contributed by atoms with van der Waals surface area (Å²) in [6, 6.07) is 14.2. The molecule has 1 N–H and O–H groups in total. The van der Waals surface area contributed by atoms with E-state index in [1.54, 1.807) is 12.1 Å². The molecule has 1 aliphatic heterocycles. The van der Waals surface area contributed by atoms with Crippen molar-refractivity contribution < 1.29 is 13.9 Å². The van der Waals surface area contributed by atoms with E-state index in [1.165, 1.54) is 11.1 Å². The topological polar surface area (TPSA) is 54.7 Å². The van der Waals surface area contributed by atoms with Crippen molar-refractivity contribution >= 4 is 28.5 Å². The summed E-state index contributed by atoms with van der Waals surface area (Å²) in [5, 5.41) is 4.59. The first-order chi connectivity index (χ1) is 14.9. The number of halogens is 1. The molecule has 5 nitrogen and oxygen atoms in total. The maximum atomic E-state index is 13.0. The van der Waals surface area contributed by atoms with Crippen molar-refractivity contribution in [3.8, 4) is 0 Å². The number of carbonyl (C=O) groups excluding carboxylic acids is 1. The lowest BCUT2D eigenvalue weighted by molar-refractivity contribution is 0.0161. The molecule has 4 rings (SSSR count). The van der Waals surface area contributed by atoms with Crippen LogP contribution in [-0.4, -0.2) is 43.7 Å². The second-order valence-corrected chi connectivity index (χ2v) is 8.83. The Bertz CT molecular complexity index is 1050. The third-order valence-electron chi connectivity index (χ3n) is 6.03. The van der Waals surface area contributed by atoms with E-state index < -0.39 is 0 Å². The fourth-order valence-corrected chi connectivity index (χ4v) is 4.30. The van der Waals surface area contributed by atoms with Crippen LogP contribution in [0.4, 0.5) is 0 Å². The number of rotatable bonds is 6. The van der Waals surface area contributed by atoms with Crippen LogP contribution in [-0.2, 0) is 4.74 Å². The summed E-state index contributed by atoms with van der Waals surface area (Å²) in [6.07, 6.45) is 0. The molecule has 2 heterocycles. The summed E-state index contributed by atoms with van der Waals surface area (Å²) < 4.78 is 11.4. The Morgan fingerprint density at radius 1 is 1.10 bits per heavy atom. The fourth-order valence-electron chi connectivity index (χ4n) is 4.13. The lowest BCUT2D eigenvalue weighted by Crippen LogP contribution is -2.43. The van der Waals surface area contributed by atoms with Crippen LogP contribution in [0.15, 0.2) is 46.9 Å². The molecule has 3 aromatic rings. The zero-order chi connectivity index (χ0) is 22.0. The number of nitrogens with one attached hydrogen (secondary N) is 1. The standard InChI is InChI=1S/C25H29ClN2O3/c1-16(2)18-4-6-19(7-5-18)22(28-10-12-30-13-11-28)15-27-25(29)24-17(3)21-14-20(26)8-9-23(21)31-24/h4-9,14,16,22H,10-13,15H2,1-3H3,(H,27,29). The number of aryl methyl sites for hydroxylation is 1. The van der Waals surface area contributed by atoms with Crippen molar-refractivity contribution in [2.75, 3.05) is 32.8 Å². The van der Waals surface area contributed by atoms with E-state index >= 15 is 0 Å². The summed E-state index contributed by atoms with van der Waals surface area (Å²) >= 11 is 6.11. The molecule has 0 spiro atoms. The van der Waals surface area contributed by atoms with Crippen LogP contribution >= 0.6 is 11.6 Å². The third kappa shape index (κ3) is 4.79. The number of nitrogens with zero attached hydrogens (tertiary/aromatic N) is 1. The van der Waals surface area contributed by atoms with Crippen LogP contribution in [0.5, 0.6) is 0 Å². The number of ether oxygens (including phenoxy) is 1. The van der Waals surface area contributed by atoms with E-state index in [1.807, 2.05) is 13.0 Å². The van der Waals surface area contributed by atoms with E-state index in [0.29, 0.717) is 42.0 Å². The Morgan fingerprint density at radius 2 is 1.77 bits per heavy atom. The summed E-state index contributed by atoms with van der Waals surface area (Å²) in [6.45, 7) is 9.87. The molecule has 0 bridgehead atoms. The Kier molecular flexibility index (Phi) is 6.65. The molecule has 6 heteroatoms. The Labute approximate surface area is 188 Å². The van der Waals surface area contributed by atoms with Crippen LogP contribution in [0, 0.1) is 6.92 Å². The van der Waals surface area contributed by atoms with Crippen molar-refractivity contribution in [3.63, 3.8) is 0 Å². The van der Waals surface area contributed by atoms with Crippen LogP contribution in [0.25, 0.3) is 11.0 Å². The molecular weight excluding hydrogens is 412 g/mol. The third-order valence-corrected chi connectivity index (χ3v) is 6.27. The summed E-state index contributed by atoms with van der Waals surface area (Å²) in [5.74, 6) is 0.621. The molecular formula is C25H29ClN2O3. The predicted octanol–water partition coefficient (Wildman–Crippen LogP) is 5.32. The lowest BCUT2D eigenvalue weighted by atomic mass is 9.98. The van der Waals surface area contributed by atoms with Gasteiger partial charge in [0.15, 0.2) is 5.76 Å². The highest BCUT2D eigenvalue weighted by Gasteiger charge is 2.25. The maximum absolute atomic E-state index is 13.0. The molecule has 1 aromatic heterocycles. The van der Waals surface area contributed by atoms with Gasteiger partial charge in [-0.05, 0) is 42.2 Å². The summed E-state index contributed by atoms with van der Waals surface area (Å²) in [5.41, 5.74) is 3.98. The zero-order valence-corrected chi connectivity index (χ0v) is 19.0. The van der Waals surface area contributed by atoms with Crippen LogP contribution in [0.1, 0.15) is 53.1 Å². The van der Waals surface area contributed by atoms with Gasteiger partial charge in [-0.15, -0.1) is 0 Å². The van der Waals surface area contributed by atoms with Gasteiger partial charge < -0.3 is 14.5 Å². The maximum Gasteiger partial charge on any atom is 0.287 e. The van der Waals surface area contributed by atoms with Crippen molar-refractivity contribution in [2.45, 2.75) is 32.7 Å². The molecule has 0 aliphatic carbocycles. The minimum absolute atomic E-state index is 0.0770. The van der Waals surface area contributed by atoms with Crippen molar-refractivity contribution in [3.05, 3.63) is 69.9 Å². The van der Waals surface area contributed by atoms with E-state index in [2.05, 4.69) is 48.3 Å². The second-order valence-electron chi connectivity index (χ2n) is 8.39. The first-order valence-electron chi connectivity index (χ1n) is 10.8. The molecule has 1 fully saturated rings. The molecule has 1 saturated heterocycles. The molecule has 2 aromatic carbocycles. The van der Waals surface area contributed by atoms with Gasteiger partial charge in [0.05, 0.1) is 19.3 Å². The highest BCUT2D eigenvalue weighted by molar-refractivity contribution is 6.31. The molecule has 1 atom stereocenters. The van der Waals surface area contributed by atoms with Gasteiger partial charge >= 0.3 is 0 Å². The normalized spacial score (nSPS) is 16.0. The quantitative estimate of drug-likeness (QED) is 0.563. The molecule has 1 unspecified atom stereocenters. The molecule has 0 saturated carbocycles. The largest absolute Gasteiger partial charge is 0.451 e. The van der Waals surface area contributed by atoms with Crippen LogP contribution in [0.2, 0.25) is 5.02 Å². The number of hydrogen-bond acceptors (Lipinski definition) is 4. The van der Waals surface area contributed by atoms with Crippen molar-refractivity contribution in [1.29, 1.82) is 0 Å². The molecule has 0 radical (unpaired) electrons. The average Bonchev–Trinajstić information content (AvgIpc) is 3.11. The van der Waals surface area contributed by atoms with Gasteiger partial charge in [-0.3, -0.25) is 9.69 Å². The number of carbonyl (C=O) groups is 1. The van der Waals surface area contributed by atoms with Crippen molar-refractivity contribution in [2.24, 2.45) is 0 Å². The molecule has 31 heavy (non-hydrogen) atoms. The number of morpholine rings is 1. The first-order valence-corrected chi connectivity index (χ1v) is 11.2. The number of furan rings is 1. The van der Waals surface area contributed by atoms with E-state index in [9.17, 15) is 4.79 Å². The first kappa shape index (κ1) is 21.9.